The van der Waals surface area contributed by atoms with E-state index < -0.39 is 0 Å². The number of hydrogen-bond donors (Lipinski definition) is 0. The lowest BCUT2D eigenvalue weighted by molar-refractivity contribution is 0.693. The summed E-state index contributed by atoms with van der Waals surface area (Å²) in [7, 11) is 2.73. The van der Waals surface area contributed by atoms with Gasteiger partial charge >= 0.3 is 0 Å². The minimum atomic E-state index is -0.280. The third-order valence-electron chi connectivity index (χ3n) is 5.82. The van der Waals surface area contributed by atoms with Crippen LogP contribution in [0.1, 0.15) is 78.5 Å². The Balaban J connectivity index is 0.000000396. The van der Waals surface area contributed by atoms with Gasteiger partial charge < -0.3 is 0 Å². The monoisotopic (exact) mass is 519 g/mol. The first-order valence-corrected chi connectivity index (χ1v) is 13.7. The molecule has 0 aliphatic carbocycles. The second-order valence-electron chi connectivity index (χ2n) is 8.73. The number of nitrogens with zero attached hydrogens (tertiary/aromatic N) is 1. The second kappa shape index (κ2) is 16.3. The van der Waals surface area contributed by atoms with Crippen molar-refractivity contribution < 1.29 is 0 Å². The minimum absolute atomic E-state index is 0.280. The van der Waals surface area contributed by atoms with Crippen LogP contribution in [0.25, 0.3) is 0 Å². The first-order valence-electron chi connectivity index (χ1n) is 12.7. The Morgan fingerprint density at radius 2 is 1.39 bits per heavy atom. The Bertz CT molecular complexity index is 1140. The molecule has 0 saturated heterocycles. The summed E-state index contributed by atoms with van der Waals surface area (Å²) < 4.78 is 0. The van der Waals surface area contributed by atoms with E-state index in [1.54, 1.807) is 0 Å². The van der Waals surface area contributed by atoms with Crippen LogP contribution in [-0.4, -0.2) is 5.71 Å². The van der Waals surface area contributed by atoms with Gasteiger partial charge in [-0.1, -0.05) is 117 Å². The van der Waals surface area contributed by atoms with Gasteiger partial charge in [-0.25, -0.2) is 0 Å². The van der Waals surface area contributed by atoms with E-state index in [1.165, 1.54) is 27.7 Å². The first kappa shape index (κ1) is 31.6. The molecule has 0 aliphatic heterocycles. The molecule has 0 bridgehead atoms. The highest BCUT2D eigenvalue weighted by Crippen LogP contribution is 2.41. The van der Waals surface area contributed by atoms with Crippen molar-refractivity contribution in [1.29, 1.82) is 0 Å². The Hall–Kier alpha value is -2.47. The third-order valence-corrected chi connectivity index (χ3v) is 6.53. The van der Waals surface area contributed by atoms with Gasteiger partial charge in [-0.2, -0.15) is 0 Å². The summed E-state index contributed by atoms with van der Waals surface area (Å²) in [6.07, 6.45) is 5.15. The number of allylic oxidation sites excluding steroid dienone is 3. The molecule has 0 saturated carbocycles. The molecule has 3 heteroatoms. The van der Waals surface area contributed by atoms with Crippen LogP contribution < -0.4 is 5.30 Å². The topological polar surface area (TPSA) is 12.4 Å². The fraction of sp³-hybridized carbons (Fsp3) is 0.303. The van der Waals surface area contributed by atoms with Crippen molar-refractivity contribution in [2.45, 2.75) is 67.2 Å². The minimum Gasteiger partial charge on any atom is -0.259 e. The maximum Gasteiger partial charge on any atom is 0.0585 e. The van der Waals surface area contributed by atoms with Gasteiger partial charge in [0, 0.05) is 16.1 Å². The lowest BCUT2D eigenvalue weighted by Crippen LogP contribution is -2.26. The van der Waals surface area contributed by atoms with E-state index in [0.29, 0.717) is 0 Å². The number of benzene rings is 3. The lowest BCUT2D eigenvalue weighted by atomic mass is 9.71. The van der Waals surface area contributed by atoms with E-state index in [2.05, 4.69) is 110 Å². The average Bonchev–Trinajstić information content (AvgIpc) is 2.90. The quantitative estimate of drug-likeness (QED) is 0.133. The molecular formula is C33H43ClNP. The Morgan fingerprint density at radius 3 is 1.89 bits per heavy atom. The maximum absolute atomic E-state index is 6.54. The first-order chi connectivity index (χ1) is 17.2. The fourth-order valence-corrected chi connectivity index (χ4v) is 4.22. The summed E-state index contributed by atoms with van der Waals surface area (Å²) in [6, 6.07) is 27.2. The van der Waals surface area contributed by atoms with Crippen LogP contribution in [0.4, 0.5) is 0 Å². The highest BCUT2D eigenvalue weighted by molar-refractivity contribution is 7.27. The summed E-state index contributed by atoms with van der Waals surface area (Å²) in [6.45, 7) is 16.6. The molecule has 3 aromatic carbocycles. The van der Waals surface area contributed by atoms with E-state index in [1.807, 2.05) is 51.1 Å². The summed E-state index contributed by atoms with van der Waals surface area (Å²) >= 11 is 6.54. The van der Waals surface area contributed by atoms with Crippen molar-refractivity contribution in [3.8, 4) is 0 Å². The normalized spacial score (nSPS) is 12.8. The zero-order valence-corrected chi connectivity index (χ0v) is 25.2. The number of halogens is 1. The summed E-state index contributed by atoms with van der Waals surface area (Å²) in [4.78, 5) is 4.46. The van der Waals surface area contributed by atoms with Gasteiger partial charge in [0.2, 0.25) is 0 Å². The summed E-state index contributed by atoms with van der Waals surface area (Å²) in [5, 5.41) is 1.97. The molecule has 1 nitrogen and oxygen atoms in total. The van der Waals surface area contributed by atoms with Crippen LogP contribution in [0.5, 0.6) is 0 Å². The molecule has 0 spiro atoms. The second-order valence-corrected chi connectivity index (χ2v) is 9.80. The third kappa shape index (κ3) is 9.20. The van der Waals surface area contributed by atoms with Crippen molar-refractivity contribution in [3.63, 3.8) is 0 Å². The predicted molar refractivity (Wildman–Crippen MR) is 167 cm³/mol. The summed E-state index contributed by atoms with van der Waals surface area (Å²) in [5.74, 6) is 0. The van der Waals surface area contributed by atoms with Crippen LogP contribution in [-0.2, 0) is 5.41 Å². The molecule has 0 N–H and O–H groups in total. The van der Waals surface area contributed by atoms with Crippen LogP contribution in [0.2, 0.25) is 5.02 Å². The Kier molecular flexibility index (Phi) is 14.3. The number of rotatable bonds is 6. The van der Waals surface area contributed by atoms with Gasteiger partial charge in [-0.05, 0) is 75.2 Å². The van der Waals surface area contributed by atoms with Crippen LogP contribution >= 0.6 is 20.8 Å². The van der Waals surface area contributed by atoms with Crippen molar-refractivity contribution >= 4 is 31.9 Å². The van der Waals surface area contributed by atoms with Crippen LogP contribution in [0.15, 0.2) is 107 Å². The van der Waals surface area contributed by atoms with E-state index in [-0.39, 0.29) is 5.41 Å². The zero-order valence-electron chi connectivity index (χ0n) is 23.3. The predicted octanol–water partition coefficient (Wildman–Crippen LogP) is 9.95. The average molecular weight is 520 g/mol. The zero-order chi connectivity index (χ0) is 27.1. The maximum atomic E-state index is 6.54. The molecule has 2 atom stereocenters. The molecule has 0 radical (unpaired) electrons. The number of aliphatic imine (C=N–C) groups is 1. The van der Waals surface area contributed by atoms with Gasteiger partial charge in [0.15, 0.2) is 0 Å². The molecule has 192 valence electrons. The largest absolute Gasteiger partial charge is 0.259 e. The van der Waals surface area contributed by atoms with Gasteiger partial charge in [-0.3, -0.25) is 4.99 Å². The molecular weight excluding hydrogens is 477 g/mol. The van der Waals surface area contributed by atoms with Crippen molar-refractivity contribution in [1.82, 2.24) is 0 Å². The molecule has 0 heterocycles. The molecule has 36 heavy (non-hydrogen) atoms. The van der Waals surface area contributed by atoms with Crippen molar-refractivity contribution in [2.24, 2.45) is 4.99 Å². The molecule has 0 aliphatic rings. The van der Waals surface area contributed by atoms with E-state index >= 15 is 0 Å². The highest BCUT2D eigenvalue weighted by atomic mass is 35.5. The Labute approximate surface area is 227 Å². The van der Waals surface area contributed by atoms with Crippen LogP contribution in [0, 0.1) is 0 Å². The molecule has 3 rings (SSSR count). The van der Waals surface area contributed by atoms with Gasteiger partial charge in [0.05, 0.1) is 5.70 Å². The smallest absolute Gasteiger partial charge is 0.0585 e. The van der Waals surface area contributed by atoms with Gasteiger partial charge in [0.25, 0.3) is 0 Å². The molecule has 0 fully saturated rings. The molecule has 0 aromatic heterocycles. The van der Waals surface area contributed by atoms with Gasteiger partial charge in [0.1, 0.15) is 0 Å². The van der Waals surface area contributed by atoms with Crippen molar-refractivity contribution in [3.05, 3.63) is 124 Å². The fourth-order valence-electron chi connectivity index (χ4n) is 3.71. The molecule has 0 amide bonds. The van der Waals surface area contributed by atoms with E-state index in [9.17, 15) is 0 Å². The van der Waals surface area contributed by atoms with Crippen LogP contribution in [0.3, 0.4) is 0 Å². The lowest BCUT2D eigenvalue weighted by Gasteiger charge is -2.32. The SMILES string of the molecule is C/C=C(/C=C(C)C)N=C(C)CC.CC.CC(c1ccccc1)(c1ccc(P)cc1)c1ccccc1Cl. The molecule has 3 aromatic rings. The number of hydrogen-bond acceptors (Lipinski definition) is 1. The van der Waals surface area contributed by atoms with Crippen molar-refractivity contribution in [2.75, 3.05) is 0 Å². The summed E-state index contributed by atoms with van der Waals surface area (Å²) in [5.41, 5.74) is 6.85. The van der Waals surface area contributed by atoms with Gasteiger partial charge in [-0.15, -0.1) is 9.24 Å². The van der Waals surface area contributed by atoms with E-state index in [4.69, 9.17) is 11.6 Å². The Morgan fingerprint density at radius 1 is 0.861 bits per heavy atom. The highest BCUT2D eigenvalue weighted by Gasteiger charge is 2.32. The van der Waals surface area contributed by atoms with E-state index in [0.717, 1.165) is 22.7 Å². The molecule has 2 unspecified atom stereocenters. The standard InChI is InChI=1S/C20H18ClP.C11H19N.C2H6/c1-20(15-7-3-2-4-8-15,16-11-13-17(22)14-12-16)18-9-5-6-10-19(18)21;1-6-10(5)12-11(7-2)8-9(3)4;1-2/h2-14H,22H2,1H3;7-8H,6H2,1-5H3;1-2H3/b;11-7-,12-10?;.